The molecule has 3 N–H and O–H groups in total. The number of ether oxygens (including phenoxy) is 2. The zero-order valence-electron chi connectivity index (χ0n) is 10.8. The Hall–Kier alpha value is -2.49. The van der Waals surface area contributed by atoms with E-state index >= 15 is 0 Å². The summed E-state index contributed by atoms with van der Waals surface area (Å²) in [5.74, 6) is 1.32. The number of nitrogens with two attached hydrogens (primary N) is 1. The van der Waals surface area contributed by atoms with Crippen molar-refractivity contribution in [3.63, 3.8) is 0 Å². The van der Waals surface area contributed by atoms with Crippen LogP contribution in [0.5, 0.6) is 11.5 Å². The van der Waals surface area contributed by atoms with Gasteiger partial charge in [-0.2, -0.15) is 0 Å². The number of nitrogen functional groups attached to an aromatic ring is 1. The third kappa shape index (κ3) is 2.52. The Morgan fingerprint density at radius 3 is 2.74 bits per heavy atom. The molecule has 0 unspecified atom stereocenters. The molecule has 0 fully saturated rings. The summed E-state index contributed by atoms with van der Waals surface area (Å²) < 4.78 is 11.0. The topological polar surface area (TPSA) is 68.3 Å². The fourth-order valence-corrected chi connectivity index (χ4v) is 1.89. The van der Waals surface area contributed by atoms with Gasteiger partial charge in [0.1, 0.15) is 12.4 Å². The highest BCUT2D eigenvalue weighted by atomic mass is 16.5. The summed E-state index contributed by atoms with van der Waals surface area (Å²) >= 11 is 0. The zero-order chi connectivity index (χ0) is 13.8. The van der Waals surface area contributed by atoms with Crippen LogP contribution >= 0.6 is 0 Å². The molecule has 0 aliphatic carbocycles. The van der Waals surface area contributed by atoms with Crippen LogP contribution in [0.25, 0.3) is 10.8 Å². The summed E-state index contributed by atoms with van der Waals surface area (Å²) in [5.41, 5.74) is 6.18. The van der Waals surface area contributed by atoms with Crippen molar-refractivity contribution in [1.29, 1.82) is 5.41 Å². The van der Waals surface area contributed by atoms with Crippen LogP contribution in [-0.4, -0.2) is 19.6 Å². The maximum absolute atomic E-state index is 7.51. The van der Waals surface area contributed by atoms with Gasteiger partial charge in [-0.15, -0.1) is 0 Å². The van der Waals surface area contributed by atoms with E-state index in [1.54, 1.807) is 13.2 Å². The lowest BCUT2D eigenvalue weighted by molar-refractivity contribution is 0.330. The van der Waals surface area contributed by atoms with E-state index in [2.05, 4.69) is 6.58 Å². The molecule has 0 aliphatic rings. The minimum atomic E-state index is 0.0272. The second-order valence-corrected chi connectivity index (χ2v) is 4.05. The van der Waals surface area contributed by atoms with Gasteiger partial charge >= 0.3 is 0 Å². The highest BCUT2D eigenvalue weighted by molar-refractivity contribution is 6.01. The van der Waals surface area contributed by atoms with Crippen LogP contribution in [-0.2, 0) is 0 Å². The van der Waals surface area contributed by atoms with Crippen molar-refractivity contribution in [3.05, 3.63) is 48.6 Å². The second-order valence-electron chi connectivity index (χ2n) is 4.05. The molecule has 2 aromatic rings. The average molecular weight is 256 g/mol. The van der Waals surface area contributed by atoms with Crippen molar-refractivity contribution in [2.75, 3.05) is 13.7 Å². The highest BCUT2D eigenvalue weighted by Gasteiger charge is 2.10. The van der Waals surface area contributed by atoms with Gasteiger partial charge in [0.2, 0.25) is 0 Å². The Morgan fingerprint density at radius 2 is 2.11 bits per heavy atom. The molecule has 4 heteroatoms. The summed E-state index contributed by atoms with van der Waals surface area (Å²) in [7, 11) is 1.59. The van der Waals surface area contributed by atoms with Crippen LogP contribution in [0.4, 0.5) is 0 Å². The fourth-order valence-electron chi connectivity index (χ4n) is 1.89. The summed E-state index contributed by atoms with van der Waals surface area (Å²) in [4.78, 5) is 0. The quantitative estimate of drug-likeness (QED) is 0.491. The predicted octanol–water partition coefficient (Wildman–Crippen LogP) is 2.70. The first kappa shape index (κ1) is 13.0. The van der Waals surface area contributed by atoms with Crippen molar-refractivity contribution in [2.24, 2.45) is 5.73 Å². The first-order chi connectivity index (χ1) is 9.17. The van der Waals surface area contributed by atoms with Crippen molar-refractivity contribution in [2.45, 2.75) is 0 Å². The van der Waals surface area contributed by atoms with Gasteiger partial charge in [0.05, 0.1) is 7.11 Å². The lowest BCUT2D eigenvalue weighted by Crippen LogP contribution is -2.10. The van der Waals surface area contributed by atoms with E-state index < -0.39 is 0 Å². The van der Waals surface area contributed by atoms with Gasteiger partial charge in [-0.3, -0.25) is 5.41 Å². The summed E-state index contributed by atoms with van der Waals surface area (Å²) in [6.07, 6.45) is 1.67. The average Bonchev–Trinajstić information content (AvgIpc) is 2.43. The molecular weight excluding hydrogens is 240 g/mol. The van der Waals surface area contributed by atoms with Gasteiger partial charge in [0.15, 0.2) is 11.5 Å². The van der Waals surface area contributed by atoms with Crippen LogP contribution in [0.1, 0.15) is 5.56 Å². The Morgan fingerprint density at radius 1 is 1.37 bits per heavy atom. The first-order valence-corrected chi connectivity index (χ1v) is 5.86. The van der Waals surface area contributed by atoms with Gasteiger partial charge < -0.3 is 15.2 Å². The third-order valence-electron chi connectivity index (χ3n) is 2.81. The van der Waals surface area contributed by atoms with Crippen LogP contribution in [0, 0.1) is 5.41 Å². The number of fused-ring (bicyclic) bond motifs is 1. The second kappa shape index (κ2) is 5.44. The molecule has 0 aromatic heterocycles. The lowest BCUT2D eigenvalue weighted by atomic mass is 10.0. The molecule has 0 saturated carbocycles. The monoisotopic (exact) mass is 256 g/mol. The maximum atomic E-state index is 7.51. The summed E-state index contributed by atoms with van der Waals surface area (Å²) in [6, 6.07) is 9.35. The molecule has 0 saturated heterocycles. The minimum absolute atomic E-state index is 0.0272. The van der Waals surface area contributed by atoms with Gasteiger partial charge in [0, 0.05) is 10.9 Å². The molecule has 0 aliphatic heterocycles. The molecule has 0 spiro atoms. The van der Waals surface area contributed by atoms with Gasteiger partial charge in [-0.05, 0) is 17.5 Å². The van der Waals surface area contributed by atoms with E-state index in [4.69, 9.17) is 20.6 Å². The van der Waals surface area contributed by atoms with Gasteiger partial charge in [-0.1, -0.05) is 30.9 Å². The summed E-state index contributed by atoms with van der Waals surface area (Å²) in [5, 5.41) is 9.38. The number of benzene rings is 2. The van der Waals surface area contributed by atoms with E-state index in [1.807, 2.05) is 30.3 Å². The van der Waals surface area contributed by atoms with E-state index in [1.165, 1.54) is 0 Å². The normalized spacial score (nSPS) is 10.2. The van der Waals surface area contributed by atoms with E-state index in [0.29, 0.717) is 23.7 Å². The van der Waals surface area contributed by atoms with Crippen LogP contribution in [0.15, 0.2) is 43.0 Å². The molecule has 98 valence electrons. The Labute approximate surface area is 112 Å². The molecule has 0 bridgehead atoms. The number of rotatable bonds is 5. The molecule has 0 heterocycles. The van der Waals surface area contributed by atoms with E-state index in [-0.39, 0.29) is 5.84 Å². The zero-order valence-corrected chi connectivity index (χ0v) is 10.8. The molecule has 2 rings (SSSR count). The van der Waals surface area contributed by atoms with Gasteiger partial charge in [-0.25, -0.2) is 0 Å². The third-order valence-corrected chi connectivity index (χ3v) is 2.81. The number of nitrogens with one attached hydrogen (secondary N) is 1. The van der Waals surface area contributed by atoms with Crippen molar-refractivity contribution in [1.82, 2.24) is 0 Å². The molecule has 0 radical (unpaired) electrons. The van der Waals surface area contributed by atoms with Crippen LogP contribution in [0.3, 0.4) is 0 Å². The number of methoxy groups -OCH3 is 1. The maximum Gasteiger partial charge on any atom is 0.169 e. The smallest absolute Gasteiger partial charge is 0.169 e. The van der Waals surface area contributed by atoms with Crippen molar-refractivity contribution in [3.8, 4) is 11.5 Å². The number of amidine groups is 1. The fraction of sp³-hybridized carbons (Fsp3) is 0.133. The Kier molecular flexibility index (Phi) is 3.71. The summed E-state index contributed by atoms with van der Waals surface area (Å²) in [6.45, 7) is 4.03. The highest BCUT2D eigenvalue weighted by Crippen LogP contribution is 2.36. The molecule has 0 atom stereocenters. The van der Waals surface area contributed by atoms with E-state index in [9.17, 15) is 0 Å². The lowest BCUT2D eigenvalue weighted by Gasteiger charge is -2.13. The largest absolute Gasteiger partial charge is 0.493 e. The molecule has 19 heavy (non-hydrogen) atoms. The number of hydrogen-bond acceptors (Lipinski definition) is 3. The van der Waals surface area contributed by atoms with Crippen molar-refractivity contribution < 1.29 is 9.47 Å². The van der Waals surface area contributed by atoms with Crippen LogP contribution < -0.4 is 15.2 Å². The number of hydrogen-bond donors (Lipinski definition) is 2. The van der Waals surface area contributed by atoms with E-state index in [0.717, 1.165) is 10.8 Å². The molecule has 2 aromatic carbocycles. The van der Waals surface area contributed by atoms with Crippen molar-refractivity contribution >= 4 is 16.6 Å². The molecular formula is C15H16N2O2. The van der Waals surface area contributed by atoms with Gasteiger partial charge in [0.25, 0.3) is 0 Å². The Bertz CT molecular complexity index is 635. The minimum Gasteiger partial charge on any atom is -0.493 e. The Balaban J connectivity index is 2.65. The molecule has 4 nitrogen and oxygen atoms in total. The standard InChI is InChI=1S/C15H16N2O2/c1-3-8-19-14-12-9-11(15(16)17)5-4-10(12)6-7-13(14)18-2/h3-7,9H,1,8H2,2H3,(H3,16,17). The predicted molar refractivity (Wildman–Crippen MR) is 77.2 cm³/mol. The van der Waals surface area contributed by atoms with Crippen LogP contribution in [0.2, 0.25) is 0 Å². The first-order valence-electron chi connectivity index (χ1n) is 5.86. The SMILES string of the molecule is C=CCOc1c(OC)ccc2ccc(C(=N)N)cc12. The molecule has 0 amide bonds.